The predicted octanol–water partition coefficient (Wildman–Crippen LogP) is 3.59. The largest absolute Gasteiger partial charge is 0.378 e. The van der Waals surface area contributed by atoms with Gasteiger partial charge < -0.3 is 4.74 Å². The summed E-state index contributed by atoms with van der Waals surface area (Å²) in [5, 5.41) is 1.07. The van der Waals surface area contributed by atoms with Crippen molar-refractivity contribution in [3.63, 3.8) is 0 Å². The number of hydrogen-bond donors (Lipinski definition) is 0. The third kappa shape index (κ3) is 2.20. The molecule has 1 aromatic rings. The van der Waals surface area contributed by atoms with Gasteiger partial charge in [0.2, 0.25) is 0 Å². The molecular formula is C12H15Cl2NO. The van der Waals surface area contributed by atoms with Crippen molar-refractivity contribution in [1.82, 2.24) is 4.98 Å². The first-order valence-corrected chi connectivity index (χ1v) is 6.34. The SMILES string of the molecule is CCOC1CCc2c(Cl)nc(Cl)c(C)c2C1. The molecule has 0 aromatic carbocycles. The van der Waals surface area contributed by atoms with Crippen LogP contribution in [0.3, 0.4) is 0 Å². The van der Waals surface area contributed by atoms with Gasteiger partial charge in [0.05, 0.1) is 6.10 Å². The molecule has 4 heteroatoms. The highest BCUT2D eigenvalue weighted by Gasteiger charge is 2.24. The number of halogens is 2. The molecule has 2 nitrogen and oxygen atoms in total. The highest BCUT2D eigenvalue weighted by molar-refractivity contribution is 6.33. The van der Waals surface area contributed by atoms with Crippen LogP contribution in [0.5, 0.6) is 0 Å². The van der Waals surface area contributed by atoms with Crippen LogP contribution in [-0.2, 0) is 17.6 Å². The van der Waals surface area contributed by atoms with E-state index in [1.165, 1.54) is 5.56 Å². The molecule has 1 aliphatic carbocycles. The summed E-state index contributed by atoms with van der Waals surface area (Å²) in [6.07, 6.45) is 3.15. The maximum Gasteiger partial charge on any atom is 0.134 e. The van der Waals surface area contributed by atoms with Crippen molar-refractivity contribution in [2.45, 2.75) is 39.2 Å². The third-order valence-corrected chi connectivity index (χ3v) is 3.80. The van der Waals surface area contributed by atoms with Gasteiger partial charge in [0.25, 0.3) is 0 Å². The molecule has 1 aliphatic rings. The lowest BCUT2D eigenvalue weighted by Gasteiger charge is -2.26. The van der Waals surface area contributed by atoms with E-state index in [9.17, 15) is 0 Å². The summed E-state index contributed by atoms with van der Waals surface area (Å²) in [5.41, 5.74) is 3.43. The van der Waals surface area contributed by atoms with Gasteiger partial charge in [-0.1, -0.05) is 23.2 Å². The van der Waals surface area contributed by atoms with Crippen LogP contribution in [0.2, 0.25) is 10.3 Å². The monoisotopic (exact) mass is 259 g/mol. The Balaban J connectivity index is 2.36. The van der Waals surface area contributed by atoms with Crippen molar-refractivity contribution in [2.75, 3.05) is 6.61 Å². The molecule has 2 rings (SSSR count). The van der Waals surface area contributed by atoms with E-state index in [1.54, 1.807) is 0 Å². The minimum atomic E-state index is 0.297. The Morgan fingerprint density at radius 2 is 2.06 bits per heavy atom. The molecule has 0 N–H and O–H groups in total. The number of pyridine rings is 1. The summed E-state index contributed by atoms with van der Waals surface area (Å²) in [7, 11) is 0. The van der Waals surface area contributed by atoms with Crippen molar-refractivity contribution in [1.29, 1.82) is 0 Å². The molecular weight excluding hydrogens is 245 g/mol. The van der Waals surface area contributed by atoms with Crippen LogP contribution in [0.4, 0.5) is 0 Å². The van der Waals surface area contributed by atoms with Gasteiger partial charge in [0.1, 0.15) is 10.3 Å². The molecule has 0 saturated carbocycles. The van der Waals surface area contributed by atoms with Gasteiger partial charge in [-0.2, -0.15) is 0 Å². The standard InChI is InChI=1S/C12H15Cl2NO/c1-3-16-8-4-5-9-10(6-8)7(2)11(13)15-12(9)14/h8H,3-6H2,1-2H3. The molecule has 1 aromatic heterocycles. The zero-order valence-corrected chi connectivity index (χ0v) is 11.0. The van der Waals surface area contributed by atoms with E-state index < -0.39 is 0 Å². The summed E-state index contributed by atoms with van der Waals surface area (Å²) in [6, 6.07) is 0. The van der Waals surface area contributed by atoms with E-state index in [-0.39, 0.29) is 0 Å². The number of fused-ring (bicyclic) bond motifs is 1. The maximum atomic E-state index is 6.11. The fourth-order valence-corrected chi connectivity index (χ4v) is 2.79. The van der Waals surface area contributed by atoms with Gasteiger partial charge in [-0.05, 0) is 49.8 Å². The highest BCUT2D eigenvalue weighted by Crippen LogP contribution is 2.33. The van der Waals surface area contributed by atoms with E-state index in [4.69, 9.17) is 27.9 Å². The van der Waals surface area contributed by atoms with E-state index in [1.807, 2.05) is 13.8 Å². The summed E-state index contributed by atoms with van der Waals surface area (Å²) < 4.78 is 5.67. The van der Waals surface area contributed by atoms with E-state index in [2.05, 4.69) is 4.98 Å². The minimum absolute atomic E-state index is 0.297. The summed E-state index contributed by atoms with van der Waals surface area (Å²) in [6.45, 7) is 4.78. The molecule has 0 radical (unpaired) electrons. The van der Waals surface area contributed by atoms with Crippen LogP contribution < -0.4 is 0 Å². The quantitative estimate of drug-likeness (QED) is 0.758. The van der Waals surface area contributed by atoms with Crippen LogP contribution in [0.1, 0.15) is 30.0 Å². The predicted molar refractivity (Wildman–Crippen MR) is 66.4 cm³/mol. The van der Waals surface area contributed by atoms with Crippen LogP contribution in [0.25, 0.3) is 0 Å². The van der Waals surface area contributed by atoms with E-state index >= 15 is 0 Å². The van der Waals surface area contributed by atoms with Gasteiger partial charge >= 0.3 is 0 Å². The smallest absolute Gasteiger partial charge is 0.134 e. The Kier molecular flexibility index (Phi) is 3.73. The summed E-state index contributed by atoms with van der Waals surface area (Å²) >= 11 is 12.1. The van der Waals surface area contributed by atoms with Gasteiger partial charge in [0, 0.05) is 6.61 Å². The third-order valence-electron chi connectivity index (χ3n) is 3.12. The second-order valence-electron chi connectivity index (χ2n) is 4.10. The summed E-state index contributed by atoms with van der Waals surface area (Å²) in [5.74, 6) is 0. The number of rotatable bonds is 2. The molecule has 1 heterocycles. The first-order valence-electron chi connectivity index (χ1n) is 5.58. The van der Waals surface area contributed by atoms with Gasteiger partial charge in [-0.3, -0.25) is 0 Å². The zero-order chi connectivity index (χ0) is 11.7. The minimum Gasteiger partial charge on any atom is -0.378 e. The van der Waals surface area contributed by atoms with Crippen LogP contribution >= 0.6 is 23.2 Å². The average molecular weight is 260 g/mol. The molecule has 0 aliphatic heterocycles. The van der Waals surface area contributed by atoms with Crippen molar-refractivity contribution in [2.24, 2.45) is 0 Å². The topological polar surface area (TPSA) is 22.1 Å². The van der Waals surface area contributed by atoms with Crippen LogP contribution in [0, 0.1) is 6.92 Å². The Morgan fingerprint density at radius 1 is 1.31 bits per heavy atom. The zero-order valence-electron chi connectivity index (χ0n) is 9.52. The van der Waals surface area contributed by atoms with Crippen molar-refractivity contribution in [3.8, 4) is 0 Å². The molecule has 0 spiro atoms. The first-order chi connectivity index (χ1) is 7.63. The van der Waals surface area contributed by atoms with Crippen molar-refractivity contribution < 1.29 is 4.74 Å². The second-order valence-corrected chi connectivity index (χ2v) is 4.81. The van der Waals surface area contributed by atoms with Gasteiger partial charge in [-0.25, -0.2) is 4.98 Å². The van der Waals surface area contributed by atoms with E-state index in [0.717, 1.165) is 37.0 Å². The molecule has 0 amide bonds. The van der Waals surface area contributed by atoms with Gasteiger partial charge in [0.15, 0.2) is 0 Å². The average Bonchev–Trinajstić information content (AvgIpc) is 2.26. The first kappa shape index (κ1) is 12.2. The molecule has 1 atom stereocenters. The number of aromatic nitrogens is 1. The Bertz CT molecular complexity index is 406. The Hall–Kier alpha value is -0.310. The fourth-order valence-electron chi connectivity index (χ4n) is 2.26. The molecule has 1 unspecified atom stereocenters. The second kappa shape index (κ2) is 4.91. The highest BCUT2D eigenvalue weighted by atomic mass is 35.5. The molecule has 0 fully saturated rings. The lowest BCUT2D eigenvalue weighted by molar-refractivity contribution is 0.0533. The van der Waals surface area contributed by atoms with Crippen LogP contribution in [0.15, 0.2) is 0 Å². The number of ether oxygens (including phenoxy) is 1. The Morgan fingerprint density at radius 3 is 2.75 bits per heavy atom. The molecule has 0 bridgehead atoms. The van der Waals surface area contributed by atoms with E-state index in [0.29, 0.717) is 16.4 Å². The molecule has 88 valence electrons. The lowest BCUT2D eigenvalue weighted by Crippen LogP contribution is -2.24. The number of nitrogens with zero attached hydrogens (tertiary/aromatic N) is 1. The van der Waals surface area contributed by atoms with Crippen LogP contribution in [-0.4, -0.2) is 17.7 Å². The van der Waals surface area contributed by atoms with Gasteiger partial charge in [-0.15, -0.1) is 0 Å². The maximum absolute atomic E-state index is 6.11. The molecule has 0 saturated heterocycles. The number of hydrogen-bond acceptors (Lipinski definition) is 2. The Labute approximate surface area is 106 Å². The summed E-state index contributed by atoms with van der Waals surface area (Å²) in [4.78, 5) is 4.15. The van der Waals surface area contributed by atoms with Crippen molar-refractivity contribution >= 4 is 23.2 Å². The fraction of sp³-hybridized carbons (Fsp3) is 0.583. The lowest BCUT2D eigenvalue weighted by atomic mass is 9.88. The van der Waals surface area contributed by atoms with Crippen molar-refractivity contribution in [3.05, 3.63) is 27.0 Å². The normalized spacial score (nSPS) is 19.6. The molecule has 16 heavy (non-hydrogen) atoms.